The standard InChI is InChI=1S/C13H17F3N2O2S/c1-9(10-3-2-6-21-10)7-17-11(19)18-5-4-12(20,8-18)13(14,15)16/h2-3,6,9,20H,4-5,7-8H2,1H3,(H,17,19)/t9-,12-/m1/s1. The Labute approximate surface area is 124 Å². The molecule has 118 valence electrons. The highest BCUT2D eigenvalue weighted by Gasteiger charge is 2.57. The van der Waals surface area contributed by atoms with Crippen LogP contribution in [0.3, 0.4) is 0 Å². The van der Waals surface area contributed by atoms with E-state index in [9.17, 15) is 23.1 Å². The SMILES string of the molecule is C[C@H](CNC(=O)N1CC[C@](O)(C(F)(F)F)C1)c1cccs1. The molecule has 0 saturated carbocycles. The van der Waals surface area contributed by atoms with Crippen LogP contribution in [0, 0.1) is 0 Å². The van der Waals surface area contributed by atoms with Gasteiger partial charge in [-0.25, -0.2) is 4.79 Å². The van der Waals surface area contributed by atoms with E-state index >= 15 is 0 Å². The third-order valence-electron chi connectivity index (χ3n) is 3.65. The van der Waals surface area contributed by atoms with Crippen molar-refractivity contribution in [3.8, 4) is 0 Å². The van der Waals surface area contributed by atoms with Crippen molar-refractivity contribution in [1.29, 1.82) is 0 Å². The Bertz CT molecular complexity index is 492. The molecule has 0 aromatic carbocycles. The lowest BCUT2D eigenvalue weighted by atomic mass is 10.0. The van der Waals surface area contributed by atoms with Gasteiger partial charge in [0.15, 0.2) is 5.60 Å². The summed E-state index contributed by atoms with van der Waals surface area (Å²) in [6.07, 6.45) is -5.20. The number of β-amino-alcohol motifs (C(OH)–C–C–N with tert-alkyl or cyclic N) is 1. The molecule has 8 heteroatoms. The number of nitrogens with one attached hydrogen (secondary N) is 1. The van der Waals surface area contributed by atoms with Gasteiger partial charge in [-0.3, -0.25) is 0 Å². The Morgan fingerprint density at radius 3 is 2.86 bits per heavy atom. The normalized spacial score (nSPS) is 24.1. The Kier molecular flexibility index (Phi) is 4.48. The number of hydrogen-bond acceptors (Lipinski definition) is 3. The molecule has 0 spiro atoms. The smallest absolute Gasteiger partial charge is 0.379 e. The third kappa shape index (κ3) is 3.49. The van der Waals surface area contributed by atoms with Gasteiger partial charge in [0, 0.05) is 30.3 Å². The Hall–Kier alpha value is -1.28. The quantitative estimate of drug-likeness (QED) is 0.898. The predicted molar refractivity (Wildman–Crippen MR) is 73.3 cm³/mol. The molecule has 2 rings (SSSR count). The molecule has 21 heavy (non-hydrogen) atoms. The Balaban J connectivity index is 1.85. The summed E-state index contributed by atoms with van der Waals surface area (Å²) in [5.41, 5.74) is -2.79. The molecule has 1 aromatic heterocycles. The van der Waals surface area contributed by atoms with E-state index in [0.717, 1.165) is 9.78 Å². The average molecular weight is 322 g/mol. The number of likely N-dealkylation sites (tertiary alicyclic amines) is 1. The van der Waals surface area contributed by atoms with Crippen LogP contribution in [0.1, 0.15) is 24.1 Å². The monoisotopic (exact) mass is 322 g/mol. The minimum absolute atomic E-state index is 0.0954. The number of amides is 2. The summed E-state index contributed by atoms with van der Waals surface area (Å²) in [7, 11) is 0. The van der Waals surface area contributed by atoms with Crippen molar-refractivity contribution in [3.63, 3.8) is 0 Å². The van der Waals surface area contributed by atoms with Gasteiger partial charge in [-0.15, -0.1) is 11.3 Å². The number of alkyl halides is 3. The maximum atomic E-state index is 12.7. The van der Waals surface area contributed by atoms with Crippen molar-refractivity contribution in [2.45, 2.75) is 31.0 Å². The molecular weight excluding hydrogens is 305 g/mol. The van der Waals surface area contributed by atoms with Crippen LogP contribution in [-0.2, 0) is 0 Å². The number of hydrogen-bond donors (Lipinski definition) is 2. The van der Waals surface area contributed by atoms with Gasteiger partial charge in [-0.1, -0.05) is 13.0 Å². The van der Waals surface area contributed by atoms with E-state index in [-0.39, 0.29) is 12.5 Å². The molecule has 2 heterocycles. The van der Waals surface area contributed by atoms with Crippen LogP contribution < -0.4 is 5.32 Å². The van der Waals surface area contributed by atoms with E-state index in [1.165, 1.54) is 0 Å². The van der Waals surface area contributed by atoms with E-state index in [0.29, 0.717) is 6.54 Å². The van der Waals surface area contributed by atoms with E-state index in [2.05, 4.69) is 5.32 Å². The topological polar surface area (TPSA) is 52.6 Å². The predicted octanol–water partition coefficient (Wildman–Crippen LogP) is 2.56. The molecule has 2 N–H and O–H groups in total. The van der Waals surface area contributed by atoms with Crippen molar-refractivity contribution < 1.29 is 23.1 Å². The zero-order chi connectivity index (χ0) is 15.7. The maximum Gasteiger partial charge on any atom is 0.419 e. The van der Waals surface area contributed by atoms with Crippen LogP contribution in [0.15, 0.2) is 17.5 Å². The van der Waals surface area contributed by atoms with Gasteiger partial charge in [0.2, 0.25) is 0 Å². The first-order chi connectivity index (χ1) is 9.73. The molecule has 0 radical (unpaired) electrons. The van der Waals surface area contributed by atoms with E-state index in [4.69, 9.17) is 0 Å². The van der Waals surface area contributed by atoms with Gasteiger partial charge < -0.3 is 15.3 Å². The summed E-state index contributed by atoms with van der Waals surface area (Å²) in [6, 6.07) is 3.28. The van der Waals surface area contributed by atoms with Gasteiger partial charge in [0.05, 0.1) is 6.54 Å². The lowest BCUT2D eigenvalue weighted by Crippen LogP contribution is -2.49. The number of urea groups is 1. The van der Waals surface area contributed by atoms with Gasteiger partial charge in [0.1, 0.15) is 0 Å². The zero-order valence-corrected chi connectivity index (χ0v) is 12.3. The molecule has 0 unspecified atom stereocenters. The van der Waals surface area contributed by atoms with Gasteiger partial charge >= 0.3 is 12.2 Å². The molecule has 1 saturated heterocycles. The summed E-state index contributed by atoms with van der Waals surface area (Å²) >= 11 is 1.56. The highest BCUT2D eigenvalue weighted by Crippen LogP contribution is 2.37. The molecule has 1 aliphatic heterocycles. The first kappa shape index (κ1) is 16.1. The second-order valence-corrected chi connectivity index (χ2v) is 6.28. The molecular formula is C13H17F3N2O2S. The molecule has 2 amide bonds. The van der Waals surface area contributed by atoms with E-state index in [1.54, 1.807) is 11.3 Å². The fourth-order valence-electron chi connectivity index (χ4n) is 2.22. The summed E-state index contributed by atoms with van der Waals surface area (Å²) in [5, 5.41) is 14.1. The van der Waals surface area contributed by atoms with Crippen LogP contribution in [0.2, 0.25) is 0 Å². The van der Waals surface area contributed by atoms with Crippen molar-refractivity contribution in [3.05, 3.63) is 22.4 Å². The van der Waals surface area contributed by atoms with Crippen LogP contribution in [-0.4, -0.2) is 47.4 Å². The minimum atomic E-state index is -4.72. The fraction of sp³-hybridized carbons (Fsp3) is 0.615. The third-order valence-corrected chi connectivity index (χ3v) is 4.75. The van der Waals surface area contributed by atoms with Crippen molar-refractivity contribution in [2.24, 2.45) is 0 Å². The number of carbonyl (C=O) groups is 1. The van der Waals surface area contributed by atoms with Gasteiger partial charge in [-0.2, -0.15) is 13.2 Å². The summed E-state index contributed by atoms with van der Waals surface area (Å²) in [4.78, 5) is 14.0. The van der Waals surface area contributed by atoms with Crippen molar-refractivity contribution >= 4 is 17.4 Å². The second-order valence-electron chi connectivity index (χ2n) is 5.30. The van der Waals surface area contributed by atoms with Crippen LogP contribution in [0.5, 0.6) is 0 Å². The number of rotatable bonds is 3. The maximum absolute atomic E-state index is 12.7. The van der Waals surface area contributed by atoms with Gasteiger partial charge in [-0.05, 0) is 11.4 Å². The zero-order valence-electron chi connectivity index (χ0n) is 11.5. The van der Waals surface area contributed by atoms with Gasteiger partial charge in [0.25, 0.3) is 0 Å². The summed E-state index contributed by atoms with van der Waals surface area (Å²) in [6.45, 7) is 1.47. The Morgan fingerprint density at radius 1 is 1.62 bits per heavy atom. The highest BCUT2D eigenvalue weighted by atomic mass is 32.1. The molecule has 4 nitrogen and oxygen atoms in total. The average Bonchev–Trinajstić information content (AvgIpc) is 3.04. The second kappa shape index (κ2) is 5.84. The van der Waals surface area contributed by atoms with E-state index < -0.39 is 30.8 Å². The van der Waals surface area contributed by atoms with Crippen LogP contribution in [0.4, 0.5) is 18.0 Å². The first-order valence-electron chi connectivity index (χ1n) is 6.58. The van der Waals surface area contributed by atoms with Crippen molar-refractivity contribution in [2.75, 3.05) is 19.6 Å². The number of carbonyl (C=O) groups excluding carboxylic acids is 1. The molecule has 1 aromatic rings. The lowest BCUT2D eigenvalue weighted by Gasteiger charge is -2.26. The number of thiophene rings is 1. The van der Waals surface area contributed by atoms with Crippen LogP contribution >= 0.6 is 11.3 Å². The summed E-state index contributed by atoms with van der Waals surface area (Å²) in [5.74, 6) is 0.0954. The molecule has 1 aliphatic rings. The molecule has 2 atom stereocenters. The molecule has 1 fully saturated rings. The number of nitrogens with zero attached hydrogens (tertiary/aromatic N) is 1. The largest absolute Gasteiger partial charge is 0.419 e. The Morgan fingerprint density at radius 2 is 2.33 bits per heavy atom. The fourth-order valence-corrected chi connectivity index (χ4v) is 3.01. The first-order valence-corrected chi connectivity index (χ1v) is 7.46. The minimum Gasteiger partial charge on any atom is -0.379 e. The van der Waals surface area contributed by atoms with Crippen molar-refractivity contribution in [1.82, 2.24) is 10.2 Å². The van der Waals surface area contributed by atoms with E-state index in [1.807, 2.05) is 24.4 Å². The number of aliphatic hydroxyl groups is 1. The molecule has 0 bridgehead atoms. The number of halogens is 3. The van der Waals surface area contributed by atoms with Crippen LogP contribution in [0.25, 0.3) is 0 Å². The lowest BCUT2D eigenvalue weighted by molar-refractivity contribution is -0.253. The summed E-state index contributed by atoms with van der Waals surface area (Å²) < 4.78 is 38.0. The molecule has 0 aliphatic carbocycles. The highest BCUT2D eigenvalue weighted by molar-refractivity contribution is 7.10.